The molecule has 1 rings (SSSR count). The second-order valence-corrected chi connectivity index (χ2v) is 4.83. The number of rotatable bonds is 3. The molecule has 0 amide bonds. The maximum Gasteiger partial charge on any atom is 0.401 e. The van der Waals surface area contributed by atoms with Crippen LogP contribution in [0.3, 0.4) is 0 Å². The molecular weight excluding hydrogens is 227 g/mol. The van der Waals surface area contributed by atoms with Crippen molar-refractivity contribution in [2.45, 2.75) is 44.3 Å². The van der Waals surface area contributed by atoms with E-state index in [2.05, 4.69) is 12.2 Å². The highest BCUT2D eigenvalue weighted by Gasteiger charge is 2.37. The van der Waals surface area contributed by atoms with E-state index in [0.29, 0.717) is 5.92 Å². The molecule has 1 aliphatic carbocycles. The number of halogens is 4. The average Bonchev–Trinajstić information content (AvgIpc) is 2.17. The Morgan fingerprint density at radius 2 is 1.87 bits per heavy atom. The van der Waals surface area contributed by atoms with Gasteiger partial charge in [0.05, 0.1) is 6.54 Å². The standard InChI is InChI=1S/C10H17ClF3N/c1-8-2-4-9(6-11,5-3-8)15-7-10(12,13)14/h8,15H,2-7H2,1H3. The predicted molar refractivity (Wildman–Crippen MR) is 55.1 cm³/mol. The third-order valence-corrected chi connectivity index (χ3v) is 3.66. The van der Waals surface area contributed by atoms with Crippen LogP contribution in [0.2, 0.25) is 0 Å². The Hall–Kier alpha value is 0.0400. The SMILES string of the molecule is CC1CCC(CCl)(NCC(F)(F)F)CC1. The molecule has 0 spiro atoms. The molecule has 0 aromatic rings. The van der Waals surface area contributed by atoms with Crippen molar-refractivity contribution in [2.75, 3.05) is 12.4 Å². The second-order valence-electron chi connectivity index (χ2n) is 4.57. The van der Waals surface area contributed by atoms with Gasteiger partial charge in [-0.25, -0.2) is 0 Å². The highest BCUT2D eigenvalue weighted by molar-refractivity contribution is 6.18. The van der Waals surface area contributed by atoms with E-state index in [1.165, 1.54) is 0 Å². The van der Waals surface area contributed by atoms with Gasteiger partial charge in [-0.1, -0.05) is 6.92 Å². The molecule has 0 aromatic heterocycles. The van der Waals surface area contributed by atoms with Gasteiger partial charge < -0.3 is 5.32 Å². The molecule has 1 fully saturated rings. The first kappa shape index (κ1) is 13.1. The van der Waals surface area contributed by atoms with Crippen LogP contribution in [-0.2, 0) is 0 Å². The summed E-state index contributed by atoms with van der Waals surface area (Å²) in [5.74, 6) is 0.865. The van der Waals surface area contributed by atoms with Gasteiger partial charge in [0.1, 0.15) is 0 Å². The smallest absolute Gasteiger partial charge is 0.302 e. The Morgan fingerprint density at radius 3 is 2.27 bits per heavy atom. The minimum atomic E-state index is -4.15. The number of hydrogen-bond acceptors (Lipinski definition) is 1. The molecule has 0 radical (unpaired) electrons. The summed E-state index contributed by atoms with van der Waals surface area (Å²) in [6.07, 6.45) is -0.751. The average molecular weight is 244 g/mol. The van der Waals surface area contributed by atoms with E-state index in [0.717, 1.165) is 25.7 Å². The normalized spacial score (nSPS) is 33.0. The number of alkyl halides is 4. The molecule has 0 aromatic carbocycles. The molecule has 90 valence electrons. The van der Waals surface area contributed by atoms with Crippen molar-refractivity contribution in [1.29, 1.82) is 0 Å². The summed E-state index contributed by atoms with van der Waals surface area (Å²) < 4.78 is 36.3. The molecule has 0 bridgehead atoms. The molecule has 5 heteroatoms. The molecule has 0 saturated heterocycles. The van der Waals surface area contributed by atoms with E-state index in [9.17, 15) is 13.2 Å². The van der Waals surface area contributed by atoms with Crippen molar-refractivity contribution >= 4 is 11.6 Å². The molecule has 1 N–H and O–H groups in total. The zero-order valence-corrected chi connectivity index (χ0v) is 9.59. The zero-order chi connectivity index (χ0) is 11.5. The minimum absolute atomic E-state index is 0.260. The summed E-state index contributed by atoms with van der Waals surface area (Å²) in [6, 6.07) is 0. The van der Waals surface area contributed by atoms with Gasteiger partial charge in [0.15, 0.2) is 0 Å². The van der Waals surface area contributed by atoms with Crippen LogP contribution in [0.25, 0.3) is 0 Å². The Morgan fingerprint density at radius 1 is 1.33 bits per heavy atom. The highest BCUT2D eigenvalue weighted by atomic mass is 35.5. The van der Waals surface area contributed by atoms with Crippen molar-refractivity contribution in [3.05, 3.63) is 0 Å². The van der Waals surface area contributed by atoms with Crippen molar-refractivity contribution < 1.29 is 13.2 Å². The van der Waals surface area contributed by atoms with Crippen molar-refractivity contribution in [1.82, 2.24) is 5.32 Å². The van der Waals surface area contributed by atoms with Crippen LogP contribution in [-0.4, -0.2) is 24.1 Å². The lowest BCUT2D eigenvalue weighted by molar-refractivity contribution is -0.129. The van der Waals surface area contributed by atoms with E-state index < -0.39 is 18.3 Å². The minimum Gasteiger partial charge on any atom is -0.302 e. The molecule has 0 atom stereocenters. The second kappa shape index (κ2) is 4.91. The van der Waals surface area contributed by atoms with Gasteiger partial charge in [-0.3, -0.25) is 0 Å². The van der Waals surface area contributed by atoms with Gasteiger partial charge in [-0.15, -0.1) is 11.6 Å². The van der Waals surface area contributed by atoms with Gasteiger partial charge in [0, 0.05) is 11.4 Å². The topological polar surface area (TPSA) is 12.0 Å². The molecule has 0 unspecified atom stereocenters. The first-order valence-corrected chi connectivity index (χ1v) is 5.78. The Balaban J connectivity index is 2.47. The molecule has 0 aliphatic heterocycles. The summed E-state index contributed by atoms with van der Waals surface area (Å²) in [4.78, 5) is 0. The van der Waals surface area contributed by atoms with E-state index in [1.54, 1.807) is 0 Å². The van der Waals surface area contributed by atoms with Gasteiger partial charge >= 0.3 is 6.18 Å². The lowest BCUT2D eigenvalue weighted by Crippen LogP contribution is -2.52. The molecule has 15 heavy (non-hydrogen) atoms. The Bertz CT molecular complexity index is 197. The maximum absolute atomic E-state index is 12.1. The third-order valence-electron chi connectivity index (χ3n) is 3.15. The van der Waals surface area contributed by atoms with Crippen LogP contribution in [0, 0.1) is 5.92 Å². The van der Waals surface area contributed by atoms with Crippen molar-refractivity contribution in [3.8, 4) is 0 Å². The summed E-state index contributed by atoms with van der Waals surface area (Å²) in [6.45, 7) is 1.19. The Kier molecular flexibility index (Phi) is 4.29. The summed E-state index contributed by atoms with van der Waals surface area (Å²) in [5.41, 5.74) is -0.496. The van der Waals surface area contributed by atoms with Crippen LogP contribution in [0.15, 0.2) is 0 Å². The van der Waals surface area contributed by atoms with Crippen molar-refractivity contribution in [2.24, 2.45) is 5.92 Å². The molecule has 1 nitrogen and oxygen atoms in total. The molecule has 1 saturated carbocycles. The quantitative estimate of drug-likeness (QED) is 0.750. The van der Waals surface area contributed by atoms with Gasteiger partial charge in [-0.05, 0) is 31.6 Å². The van der Waals surface area contributed by atoms with E-state index in [1.807, 2.05) is 0 Å². The fraction of sp³-hybridized carbons (Fsp3) is 1.00. The zero-order valence-electron chi connectivity index (χ0n) is 8.83. The molecule has 1 aliphatic rings. The lowest BCUT2D eigenvalue weighted by atomic mass is 9.78. The first-order valence-electron chi connectivity index (χ1n) is 5.25. The fourth-order valence-electron chi connectivity index (χ4n) is 1.96. The van der Waals surface area contributed by atoms with Crippen LogP contribution < -0.4 is 5.32 Å². The monoisotopic (exact) mass is 243 g/mol. The van der Waals surface area contributed by atoms with E-state index >= 15 is 0 Å². The first-order chi connectivity index (χ1) is 6.87. The van der Waals surface area contributed by atoms with Crippen LogP contribution in [0.4, 0.5) is 13.2 Å². The van der Waals surface area contributed by atoms with Crippen LogP contribution >= 0.6 is 11.6 Å². The number of nitrogens with one attached hydrogen (secondary N) is 1. The number of hydrogen-bond donors (Lipinski definition) is 1. The Labute approximate surface area is 93.4 Å². The van der Waals surface area contributed by atoms with Crippen LogP contribution in [0.5, 0.6) is 0 Å². The van der Waals surface area contributed by atoms with E-state index in [4.69, 9.17) is 11.6 Å². The largest absolute Gasteiger partial charge is 0.401 e. The van der Waals surface area contributed by atoms with Crippen molar-refractivity contribution in [3.63, 3.8) is 0 Å². The summed E-state index contributed by atoms with van der Waals surface area (Å²) in [7, 11) is 0. The molecular formula is C10H17ClF3N. The third kappa shape index (κ3) is 4.19. The summed E-state index contributed by atoms with van der Waals surface area (Å²) in [5, 5.41) is 2.59. The van der Waals surface area contributed by atoms with Gasteiger partial charge in [0.25, 0.3) is 0 Å². The molecule has 0 heterocycles. The van der Waals surface area contributed by atoms with Gasteiger partial charge in [-0.2, -0.15) is 13.2 Å². The highest BCUT2D eigenvalue weighted by Crippen LogP contribution is 2.33. The summed E-state index contributed by atoms with van der Waals surface area (Å²) >= 11 is 5.78. The van der Waals surface area contributed by atoms with E-state index in [-0.39, 0.29) is 5.88 Å². The predicted octanol–water partition coefficient (Wildman–Crippen LogP) is 3.33. The van der Waals surface area contributed by atoms with Gasteiger partial charge in [0.2, 0.25) is 0 Å². The lowest BCUT2D eigenvalue weighted by Gasteiger charge is -2.39. The fourth-order valence-corrected chi connectivity index (χ4v) is 2.32. The van der Waals surface area contributed by atoms with Crippen LogP contribution in [0.1, 0.15) is 32.6 Å². The maximum atomic E-state index is 12.1.